The van der Waals surface area contributed by atoms with Gasteiger partial charge in [0.05, 0.1) is 0 Å². The Morgan fingerprint density at radius 1 is 1.35 bits per heavy atom. The molecule has 0 saturated heterocycles. The van der Waals surface area contributed by atoms with Gasteiger partial charge in [-0.25, -0.2) is 10.8 Å². The molecule has 2 aromatic heterocycles. The van der Waals surface area contributed by atoms with E-state index < -0.39 is 0 Å². The molecule has 0 aliphatic rings. The predicted octanol–water partition coefficient (Wildman–Crippen LogP) is 0.291. The van der Waals surface area contributed by atoms with Crippen LogP contribution in [0.15, 0.2) is 12.7 Å². The summed E-state index contributed by atoms with van der Waals surface area (Å²) in [5.41, 5.74) is 2.42. The summed E-state index contributed by atoms with van der Waals surface area (Å²) >= 11 is 1.85. The Bertz CT molecular complexity index is 530. The SMILES string of the molecule is CCSCC(C)Nc1nc(NN)nc(-n2cncn2)n1. The molecule has 1 atom stereocenters. The number of hydrazine groups is 1. The highest BCUT2D eigenvalue weighted by molar-refractivity contribution is 7.99. The summed E-state index contributed by atoms with van der Waals surface area (Å²) in [7, 11) is 0. The molecule has 10 heteroatoms. The van der Waals surface area contributed by atoms with Crippen LogP contribution in [0.4, 0.5) is 11.9 Å². The summed E-state index contributed by atoms with van der Waals surface area (Å²) in [6, 6.07) is 0.233. The Kier molecular flexibility index (Phi) is 5.07. The van der Waals surface area contributed by atoms with Gasteiger partial charge in [0.2, 0.25) is 11.9 Å². The van der Waals surface area contributed by atoms with Gasteiger partial charge in [-0.1, -0.05) is 6.92 Å². The monoisotopic (exact) mass is 295 g/mol. The first-order chi connectivity index (χ1) is 9.72. The normalized spacial score (nSPS) is 12.2. The molecule has 2 rings (SSSR count). The average molecular weight is 295 g/mol. The lowest BCUT2D eigenvalue weighted by atomic mass is 10.4. The largest absolute Gasteiger partial charge is 0.351 e. The fourth-order valence-electron chi connectivity index (χ4n) is 1.46. The van der Waals surface area contributed by atoms with Crippen LogP contribution in [-0.2, 0) is 0 Å². The Hall–Kier alpha value is -1.94. The maximum absolute atomic E-state index is 5.37. The van der Waals surface area contributed by atoms with Gasteiger partial charge in [0, 0.05) is 11.8 Å². The maximum Gasteiger partial charge on any atom is 0.258 e. The first kappa shape index (κ1) is 14.5. The Morgan fingerprint density at radius 3 is 2.80 bits per heavy atom. The van der Waals surface area contributed by atoms with E-state index >= 15 is 0 Å². The number of nitrogens with two attached hydrogens (primary N) is 1. The van der Waals surface area contributed by atoms with E-state index in [-0.39, 0.29) is 12.0 Å². The molecule has 2 aromatic rings. The highest BCUT2D eigenvalue weighted by Gasteiger charge is 2.10. The van der Waals surface area contributed by atoms with Gasteiger partial charge in [-0.2, -0.15) is 36.5 Å². The van der Waals surface area contributed by atoms with Gasteiger partial charge in [0.25, 0.3) is 5.95 Å². The Balaban J connectivity index is 2.18. The van der Waals surface area contributed by atoms with E-state index in [2.05, 4.69) is 49.6 Å². The molecule has 0 aliphatic carbocycles. The van der Waals surface area contributed by atoms with Crippen molar-refractivity contribution in [1.29, 1.82) is 0 Å². The van der Waals surface area contributed by atoms with E-state index in [1.54, 1.807) is 0 Å². The third-order valence-corrected chi connectivity index (χ3v) is 3.47. The molecule has 4 N–H and O–H groups in total. The lowest BCUT2D eigenvalue weighted by Gasteiger charge is -2.14. The lowest BCUT2D eigenvalue weighted by Crippen LogP contribution is -2.22. The fourth-order valence-corrected chi connectivity index (χ4v) is 2.14. The number of nitrogens with one attached hydrogen (secondary N) is 2. The van der Waals surface area contributed by atoms with Gasteiger partial charge in [-0.15, -0.1) is 0 Å². The van der Waals surface area contributed by atoms with Gasteiger partial charge < -0.3 is 5.32 Å². The minimum atomic E-state index is 0.233. The van der Waals surface area contributed by atoms with Crippen LogP contribution in [0.2, 0.25) is 0 Å². The topological polar surface area (TPSA) is 119 Å². The number of anilines is 2. The lowest BCUT2D eigenvalue weighted by molar-refractivity contribution is 0.786. The molecule has 0 radical (unpaired) electrons. The molecule has 20 heavy (non-hydrogen) atoms. The molecular weight excluding hydrogens is 278 g/mol. The van der Waals surface area contributed by atoms with Crippen molar-refractivity contribution in [3.05, 3.63) is 12.7 Å². The van der Waals surface area contributed by atoms with Gasteiger partial charge >= 0.3 is 0 Å². The van der Waals surface area contributed by atoms with Crippen LogP contribution in [0.3, 0.4) is 0 Å². The second-order valence-corrected chi connectivity index (χ2v) is 5.29. The average Bonchev–Trinajstić information content (AvgIpc) is 2.99. The molecule has 0 fully saturated rings. The summed E-state index contributed by atoms with van der Waals surface area (Å²) in [6.45, 7) is 4.19. The van der Waals surface area contributed by atoms with Crippen LogP contribution in [0, 0.1) is 0 Å². The van der Waals surface area contributed by atoms with Crippen molar-refractivity contribution < 1.29 is 0 Å². The molecule has 2 heterocycles. The molecule has 0 aliphatic heterocycles. The van der Waals surface area contributed by atoms with E-state index in [9.17, 15) is 0 Å². The summed E-state index contributed by atoms with van der Waals surface area (Å²) < 4.78 is 1.44. The predicted molar refractivity (Wildman–Crippen MR) is 78.6 cm³/mol. The second-order valence-electron chi connectivity index (χ2n) is 3.97. The number of hydrogen-bond acceptors (Lipinski definition) is 9. The first-order valence-corrected chi connectivity index (χ1v) is 7.30. The molecule has 108 valence electrons. The van der Waals surface area contributed by atoms with Gasteiger partial charge in [0.15, 0.2) is 0 Å². The summed E-state index contributed by atoms with van der Waals surface area (Å²) in [6.07, 6.45) is 2.92. The zero-order chi connectivity index (χ0) is 14.4. The molecule has 9 nitrogen and oxygen atoms in total. The molecule has 0 saturated carbocycles. The van der Waals surface area contributed by atoms with E-state index in [0.717, 1.165) is 11.5 Å². The van der Waals surface area contributed by atoms with E-state index in [4.69, 9.17) is 5.84 Å². The Labute approximate surface area is 120 Å². The van der Waals surface area contributed by atoms with Crippen LogP contribution in [0.1, 0.15) is 13.8 Å². The standard InChI is InChI=1S/C10H17N9S/c1-3-20-4-7(2)14-8-15-9(18-11)17-10(16-8)19-6-12-5-13-19/h5-7H,3-4,11H2,1-2H3,(H2,14,15,16,17,18). The van der Waals surface area contributed by atoms with Crippen LogP contribution < -0.4 is 16.6 Å². The maximum atomic E-state index is 5.37. The minimum absolute atomic E-state index is 0.233. The third kappa shape index (κ3) is 3.78. The second kappa shape index (κ2) is 7.01. The number of hydrogen-bond donors (Lipinski definition) is 3. The van der Waals surface area contributed by atoms with Gasteiger partial charge in [0.1, 0.15) is 12.7 Å². The summed E-state index contributed by atoms with van der Waals surface area (Å²) in [5.74, 6) is 8.47. The smallest absolute Gasteiger partial charge is 0.258 e. The molecule has 1 unspecified atom stereocenters. The highest BCUT2D eigenvalue weighted by Crippen LogP contribution is 2.10. The van der Waals surface area contributed by atoms with Crippen molar-refractivity contribution in [2.75, 3.05) is 22.2 Å². The van der Waals surface area contributed by atoms with Crippen LogP contribution in [0.25, 0.3) is 5.95 Å². The quantitative estimate of drug-likeness (QED) is 0.489. The van der Waals surface area contributed by atoms with Crippen molar-refractivity contribution in [1.82, 2.24) is 29.7 Å². The highest BCUT2D eigenvalue weighted by atomic mass is 32.2. The number of rotatable bonds is 7. The van der Waals surface area contributed by atoms with E-state index in [0.29, 0.717) is 11.9 Å². The van der Waals surface area contributed by atoms with Crippen LogP contribution in [0.5, 0.6) is 0 Å². The Morgan fingerprint density at radius 2 is 2.15 bits per heavy atom. The zero-order valence-corrected chi connectivity index (χ0v) is 12.1. The van der Waals surface area contributed by atoms with Crippen molar-refractivity contribution >= 4 is 23.7 Å². The number of nitrogen functional groups attached to an aromatic ring is 1. The minimum Gasteiger partial charge on any atom is -0.351 e. The molecule has 0 amide bonds. The van der Waals surface area contributed by atoms with Crippen molar-refractivity contribution in [3.8, 4) is 5.95 Å². The number of thioether (sulfide) groups is 1. The summed E-state index contributed by atoms with van der Waals surface area (Å²) in [5, 5.41) is 7.20. The molecule has 0 aromatic carbocycles. The molecule has 0 spiro atoms. The molecular formula is C10H17N9S. The van der Waals surface area contributed by atoms with Gasteiger partial charge in [-0.05, 0) is 12.7 Å². The van der Waals surface area contributed by atoms with Crippen molar-refractivity contribution in [2.45, 2.75) is 19.9 Å². The van der Waals surface area contributed by atoms with Crippen LogP contribution >= 0.6 is 11.8 Å². The van der Waals surface area contributed by atoms with Crippen molar-refractivity contribution in [2.24, 2.45) is 5.84 Å². The fraction of sp³-hybridized carbons (Fsp3) is 0.500. The first-order valence-electron chi connectivity index (χ1n) is 6.15. The summed E-state index contributed by atoms with van der Waals surface area (Å²) in [4.78, 5) is 16.4. The molecule has 0 bridgehead atoms. The van der Waals surface area contributed by atoms with Gasteiger partial charge in [-0.3, -0.25) is 5.43 Å². The van der Waals surface area contributed by atoms with E-state index in [1.807, 2.05) is 11.8 Å². The zero-order valence-electron chi connectivity index (χ0n) is 11.3. The number of nitrogens with zero attached hydrogens (tertiary/aromatic N) is 6. The third-order valence-electron chi connectivity index (χ3n) is 2.32. The number of aromatic nitrogens is 6. The van der Waals surface area contributed by atoms with Crippen LogP contribution in [-0.4, -0.2) is 47.3 Å². The van der Waals surface area contributed by atoms with E-state index in [1.165, 1.54) is 17.3 Å². The van der Waals surface area contributed by atoms with Crippen molar-refractivity contribution in [3.63, 3.8) is 0 Å².